The second-order valence-electron chi connectivity index (χ2n) is 17.8. The van der Waals surface area contributed by atoms with Crippen molar-refractivity contribution in [3.8, 4) is 0 Å². The third-order valence-corrected chi connectivity index (χ3v) is 14.6. The predicted molar refractivity (Wildman–Crippen MR) is 258 cm³/mol. The van der Waals surface area contributed by atoms with E-state index in [1.807, 2.05) is 0 Å². The summed E-state index contributed by atoms with van der Waals surface area (Å²) < 4.78 is 25.7. The lowest BCUT2D eigenvalue weighted by Gasteiger charge is -2.27. The zero-order chi connectivity index (χ0) is 49.0. The van der Waals surface area contributed by atoms with Crippen molar-refractivity contribution in [1.29, 1.82) is 0 Å². The van der Waals surface area contributed by atoms with Crippen LogP contribution in [0.25, 0.3) is 0 Å². The third-order valence-electron chi connectivity index (χ3n) is 12.9. The van der Waals surface area contributed by atoms with Gasteiger partial charge in [0.2, 0.25) is 17.6 Å². The summed E-state index contributed by atoms with van der Waals surface area (Å²) in [5.74, 6) is -4.44. The third kappa shape index (κ3) is 15.2. The number of rotatable bonds is 28. The van der Waals surface area contributed by atoms with Gasteiger partial charge < -0.3 is 21.3 Å². The number of unbranched alkanes of at least 4 members (excludes halogenated alkanes) is 6. The van der Waals surface area contributed by atoms with Crippen LogP contribution < -0.4 is 21.3 Å². The van der Waals surface area contributed by atoms with Crippen molar-refractivity contribution in [1.82, 2.24) is 36.1 Å². The molecule has 0 bridgehead atoms. The van der Waals surface area contributed by atoms with Crippen LogP contribution in [0, 0.1) is 11.8 Å². The zero-order valence-electron chi connectivity index (χ0n) is 39.0. The van der Waals surface area contributed by atoms with Gasteiger partial charge in [-0.05, 0) is 80.7 Å². The van der Waals surface area contributed by atoms with Crippen LogP contribution in [-0.4, -0.2) is 102 Å². The number of hydrogen-bond acceptors (Lipinski definition) is 11. The van der Waals surface area contributed by atoms with Crippen molar-refractivity contribution >= 4 is 51.1 Å². The van der Waals surface area contributed by atoms with E-state index < -0.39 is 51.2 Å². The molecule has 16 nitrogen and oxygen atoms in total. The quantitative estimate of drug-likeness (QED) is 0.0312. The van der Waals surface area contributed by atoms with Crippen LogP contribution in [0.5, 0.6) is 0 Å². The van der Waals surface area contributed by atoms with E-state index in [0.717, 1.165) is 57.8 Å². The van der Waals surface area contributed by atoms with Crippen molar-refractivity contribution < 1.29 is 42.0 Å². The molecule has 1 aliphatic heterocycles. The lowest BCUT2D eigenvalue weighted by molar-refractivity contribution is -0.140. The van der Waals surface area contributed by atoms with Gasteiger partial charge in [0, 0.05) is 44.4 Å². The first-order valence-corrected chi connectivity index (χ1v) is 25.8. The number of nitrogens with zero attached hydrogens (tertiary/aromatic N) is 3. The number of imide groups is 1. The molecule has 0 radical (unpaired) electrons. The van der Waals surface area contributed by atoms with Crippen molar-refractivity contribution in [3.63, 3.8) is 0 Å². The van der Waals surface area contributed by atoms with Gasteiger partial charge in [-0.25, -0.2) is 13.4 Å². The lowest BCUT2D eigenvalue weighted by Crippen LogP contribution is -2.55. The van der Waals surface area contributed by atoms with Gasteiger partial charge in [-0.1, -0.05) is 106 Å². The molecule has 6 amide bonds. The molecule has 1 aliphatic carbocycles. The summed E-state index contributed by atoms with van der Waals surface area (Å²) in [5.41, 5.74) is 1.73. The van der Waals surface area contributed by atoms with Crippen LogP contribution in [-0.2, 0) is 35.4 Å². The molecule has 4 aromatic rings. The van der Waals surface area contributed by atoms with Gasteiger partial charge in [0.1, 0.15) is 17.8 Å². The molecule has 366 valence electrons. The van der Waals surface area contributed by atoms with E-state index in [1.165, 1.54) is 35.6 Å². The van der Waals surface area contributed by atoms with Crippen molar-refractivity contribution in [2.75, 3.05) is 25.4 Å². The number of carbonyl (C=O) groups excluding carboxylic acids is 7. The highest BCUT2D eigenvalue weighted by molar-refractivity contribution is 7.91. The first kappa shape index (κ1) is 51.8. The summed E-state index contributed by atoms with van der Waals surface area (Å²) in [4.78, 5) is 103. The molecule has 6 rings (SSSR count). The Hall–Kier alpha value is -6.62. The first-order chi connectivity index (χ1) is 33.4. The fourth-order valence-corrected chi connectivity index (χ4v) is 10.3. The molecule has 2 heterocycles. The minimum Gasteiger partial charge on any atom is -0.351 e. The number of hydrogen-bond donors (Lipinski definition) is 4. The molecule has 1 aromatic heterocycles. The van der Waals surface area contributed by atoms with Gasteiger partial charge in [0.05, 0.1) is 28.0 Å². The second-order valence-corrected chi connectivity index (χ2v) is 19.9. The van der Waals surface area contributed by atoms with Crippen LogP contribution in [0.3, 0.4) is 0 Å². The number of nitrogens with one attached hydrogen (secondary N) is 4. The number of carbonyl (C=O) groups is 7. The molecule has 3 atom stereocenters. The summed E-state index contributed by atoms with van der Waals surface area (Å²) in [7, 11) is -3.75. The van der Waals surface area contributed by atoms with E-state index >= 15 is 0 Å². The Labute approximate surface area is 404 Å². The van der Waals surface area contributed by atoms with Gasteiger partial charge in [-0.15, -0.1) is 0 Å². The van der Waals surface area contributed by atoms with Crippen LogP contribution in [0.4, 0.5) is 0 Å². The Kier molecular flexibility index (Phi) is 19.7. The number of aromatic nitrogens is 2. The van der Waals surface area contributed by atoms with E-state index in [4.69, 9.17) is 0 Å². The first-order valence-electron chi connectivity index (χ1n) is 24.2. The molecule has 69 heavy (non-hydrogen) atoms. The Morgan fingerprint density at radius 3 is 1.93 bits per heavy atom. The van der Waals surface area contributed by atoms with E-state index in [9.17, 15) is 42.0 Å². The van der Waals surface area contributed by atoms with E-state index in [1.54, 1.807) is 72.8 Å². The Bertz CT molecular complexity index is 2450. The molecular weight excluding hydrogens is 899 g/mol. The number of benzene rings is 3. The maximum atomic E-state index is 14.4. The smallest absolute Gasteiger partial charge is 0.289 e. The van der Waals surface area contributed by atoms with Crippen LogP contribution in [0.15, 0.2) is 108 Å². The normalized spacial score (nSPS) is 14.9. The van der Waals surface area contributed by atoms with E-state index in [-0.39, 0.29) is 66.1 Å². The number of amides is 6. The summed E-state index contributed by atoms with van der Waals surface area (Å²) in [6.07, 6.45) is 14.8. The average molecular weight is 962 g/mol. The number of sulfone groups is 1. The van der Waals surface area contributed by atoms with Crippen LogP contribution in [0.1, 0.15) is 127 Å². The van der Waals surface area contributed by atoms with Crippen LogP contribution in [0.2, 0.25) is 0 Å². The van der Waals surface area contributed by atoms with Crippen molar-refractivity contribution in [2.45, 2.75) is 113 Å². The average Bonchev–Trinajstić information content (AvgIpc) is 3.99. The number of Topliss-reactive ketones (excluding diaryl/α,β-unsaturated/α-hetero) is 1. The minimum atomic E-state index is -3.75. The van der Waals surface area contributed by atoms with Crippen LogP contribution >= 0.6 is 0 Å². The fraction of sp³-hybridized carbons (Fsp3) is 0.442. The van der Waals surface area contributed by atoms with Gasteiger partial charge in [-0.2, -0.15) is 0 Å². The molecule has 0 unspecified atom stereocenters. The SMILES string of the molecule is O=C(NCCS(=O)(=O)c1ccccc1)C(=O)[C@H](Cc1ccccc1)NC(=O)[C@H](CCCCNC(=O)c1cnccn1)NC(=O)[C@H](CCCCCCCCN1C(=O)c2ccccc2C1=O)C1CCCC1. The van der Waals surface area contributed by atoms with Gasteiger partial charge in [0.15, 0.2) is 9.84 Å². The van der Waals surface area contributed by atoms with Gasteiger partial charge in [-0.3, -0.25) is 43.4 Å². The molecule has 1 fully saturated rings. The summed E-state index contributed by atoms with van der Waals surface area (Å²) in [5, 5.41) is 11.0. The Balaban J connectivity index is 1.07. The molecule has 3 aromatic carbocycles. The topological polar surface area (TPSA) is 231 Å². The Morgan fingerprint density at radius 1 is 0.652 bits per heavy atom. The van der Waals surface area contributed by atoms with E-state index in [2.05, 4.69) is 31.2 Å². The molecule has 17 heteroatoms. The summed E-state index contributed by atoms with van der Waals surface area (Å²) >= 11 is 0. The molecule has 0 saturated heterocycles. The molecular formula is C52H63N7O9S. The molecule has 4 N–H and O–H groups in total. The zero-order valence-corrected chi connectivity index (χ0v) is 39.8. The second kappa shape index (κ2) is 26.2. The molecule has 0 spiro atoms. The maximum absolute atomic E-state index is 14.4. The highest BCUT2D eigenvalue weighted by Crippen LogP contribution is 2.35. The predicted octanol–water partition coefficient (Wildman–Crippen LogP) is 5.58. The number of fused-ring (bicyclic) bond motifs is 1. The standard InChI is InChI=1S/C52H63N7O9S/c60-46(50(64)56-32-34-69(67,68)39-23-9-6-10-24-39)44(35-37-19-7-5-8-20-37)58-49(63)43(28-16-17-29-55-48(62)45-36-53-30-31-54-45)57-47(61)40(38-21-12-13-22-38)25-11-3-1-2-4-18-33-59-51(65)41-26-14-15-27-42(41)52(59)66/h5-10,14-15,19-20,23-24,26-27,30-31,36,38,40,43-44H,1-4,11-13,16-18,21-22,25,28-29,32-35H2,(H,55,62)(H,56,64)(H,57,61)(H,58,63)/t40-,43+,44+/m1/s1. The summed E-state index contributed by atoms with van der Waals surface area (Å²) in [6, 6.07) is 21.1. The van der Waals surface area contributed by atoms with Gasteiger partial charge >= 0.3 is 0 Å². The maximum Gasteiger partial charge on any atom is 0.289 e. The molecule has 2 aliphatic rings. The highest BCUT2D eigenvalue weighted by atomic mass is 32.2. The number of ketones is 1. The Morgan fingerprint density at radius 2 is 1.26 bits per heavy atom. The van der Waals surface area contributed by atoms with Crippen molar-refractivity contribution in [3.05, 3.63) is 126 Å². The van der Waals surface area contributed by atoms with Crippen molar-refractivity contribution in [2.24, 2.45) is 11.8 Å². The largest absolute Gasteiger partial charge is 0.351 e. The molecule has 1 saturated carbocycles. The van der Waals surface area contributed by atoms with Gasteiger partial charge in [0.25, 0.3) is 23.6 Å². The monoisotopic (exact) mass is 961 g/mol. The fourth-order valence-electron chi connectivity index (χ4n) is 9.08. The highest BCUT2D eigenvalue weighted by Gasteiger charge is 2.36. The lowest BCUT2D eigenvalue weighted by atomic mass is 9.85. The summed E-state index contributed by atoms with van der Waals surface area (Å²) in [6.45, 7) is 0.306. The van der Waals surface area contributed by atoms with E-state index in [0.29, 0.717) is 48.9 Å². The minimum absolute atomic E-state index is 0.0380.